The topological polar surface area (TPSA) is 4.93 Å². The second-order valence-corrected chi connectivity index (χ2v) is 4.83. The van der Waals surface area contributed by atoms with Crippen LogP contribution in [0.25, 0.3) is 21.8 Å². The molecule has 0 fully saturated rings. The fourth-order valence-electron chi connectivity index (χ4n) is 2.57. The number of aryl methyl sites for hydroxylation is 1. The van der Waals surface area contributed by atoms with E-state index in [1.54, 1.807) is 0 Å². The van der Waals surface area contributed by atoms with Crippen molar-refractivity contribution in [1.29, 1.82) is 0 Å². The summed E-state index contributed by atoms with van der Waals surface area (Å²) in [7, 11) is 0. The first kappa shape index (κ1) is 22.7. The van der Waals surface area contributed by atoms with Crippen LogP contribution in [0.15, 0.2) is 72.8 Å². The summed E-state index contributed by atoms with van der Waals surface area (Å²) >= 11 is 0. The first-order valence-corrected chi connectivity index (χ1v) is 9.53. The molecule has 0 amide bonds. The van der Waals surface area contributed by atoms with E-state index in [4.69, 9.17) is 0 Å². The fourth-order valence-corrected chi connectivity index (χ4v) is 2.57. The number of nitrogens with zero attached hydrogens (tertiary/aromatic N) is 1. The van der Waals surface area contributed by atoms with Crippen LogP contribution in [0.1, 0.15) is 48.5 Å². The Bertz CT molecular complexity index is 697. The number of allylic oxidation sites excluding steroid dienone is 4. The van der Waals surface area contributed by atoms with E-state index in [1.165, 1.54) is 21.8 Å². The highest BCUT2D eigenvalue weighted by Crippen LogP contribution is 2.28. The lowest BCUT2D eigenvalue weighted by Gasteiger charge is -2.01. The Morgan fingerprint density at radius 2 is 1.04 bits per heavy atom. The smallest absolute Gasteiger partial charge is 0.0491 e. The monoisotopic (exact) mass is 337 g/mol. The Labute approximate surface area is 154 Å². The van der Waals surface area contributed by atoms with Crippen LogP contribution in [0.5, 0.6) is 0 Å². The van der Waals surface area contributed by atoms with Crippen LogP contribution < -0.4 is 0 Å². The predicted octanol–water partition coefficient (Wildman–Crippen LogP) is 8.01. The summed E-state index contributed by atoms with van der Waals surface area (Å²) in [5.74, 6) is 0. The van der Waals surface area contributed by atoms with Gasteiger partial charge in [0.25, 0.3) is 0 Å². The summed E-state index contributed by atoms with van der Waals surface area (Å²) in [6.45, 7) is 15.2. The molecule has 1 nitrogen and oxygen atoms in total. The molecule has 0 unspecified atom stereocenters. The van der Waals surface area contributed by atoms with E-state index >= 15 is 0 Å². The molecule has 0 N–H and O–H groups in total. The number of aromatic nitrogens is 1. The van der Waals surface area contributed by atoms with Crippen molar-refractivity contribution in [1.82, 2.24) is 4.57 Å². The van der Waals surface area contributed by atoms with Gasteiger partial charge in [-0.15, -0.1) is 0 Å². The van der Waals surface area contributed by atoms with E-state index in [9.17, 15) is 0 Å². The second-order valence-electron chi connectivity index (χ2n) is 4.83. The van der Waals surface area contributed by atoms with Crippen molar-refractivity contribution >= 4 is 21.8 Å². The largest absolute Gasteiger partial charge is 0.341 e. The maximum absolute atomic E-state index is 2.37. The van der Waals surface area contributed by atoms with Gasteiger partial charge in [0.2, 0.25) is 0 Å². The van der Waals surface area contributed by atoms with Gasteiger partial charge in [-0.2, -0.15) is 0 Å². The molecule has 1 heterocycles. The van der Waals surface area contributed by atoms with Gasteiger partial charge in [0, 0.05) is 28.4 Å². The van der Waals surface area contributed by atoms with E-state index in [2.05, 4.69) is 60.0 Å². The van der Waals surface area contributed by atoms with Crippen LogP contribution in [0, 0.1) is 0 Å². The number of benzene rings is 2. The molecule has 1 aromatic heterocycles. The fraction of sp³-hybridized carbons (Fsp3) is 0.333. The van der Waals surface area contributed by atoms with Crippen molar-refractivity contribution in [2.24, 2.45) is 0 Å². The van der Waals surface area contributed by atoms with Crippen molar-refractivity contribution < 1.29 is 0 Å². The zero-order valence-electron chi connectivity index (χ0n) is 17.1. The summed E-state index contributed by atoms with van der Waals surface area (Å²) in [4.78, 5) is 0. The van der Waals surface area contributed by atoms with Crippen molar-refractivity contribution in [3.8, 4) is 0 Å². The number of rotatable bonds is 2. The summed E-state index contributed by atoms with van der Waals surface area (Å²) in [6, 6.07) is 17.2. The standard InChI is InChI=1S/C14H13N.C6H10.2C2H6/c1-2-15-13-9-5-3-7-11(13)12-8-4-6-10-14(12)15;1-3-5-6-4-2;2*1-2/h3-10H,2H2,1H3;3-6H,1-2H3;2*1-2H3/b;5-3-,6-4-;;. The summed E-state index contributed by atoms with van der Waals surface area (Å²) in [5, 5.41) is 2.71. The highest BCUT2D eigenvalue weighted by Gasteiger charge is 2.06. The molecule has 0 aliphatic carbocycles. The Hall–Kier alpha value is -2.28. The van der Waals surface area contributed by atoms with Crippen LogP contribution in [0.2, 0.25) is 0 Å². The number of fused-ring (bicyclic) bond motifs is 3. The van der Waals surface area contributed by atoms with Gasteiger partial charge >= 0.3 is 0 Å². The third-order valence-corrected chi connectivity index (χ3v) is 3.49. The Morgan fingerprint density at radius 1 is 0.680 bits per heavy atom. The lowest BCUT2D eigenvalue weighted by atomic mass is 10.2. The number of para-hydroxylation sites is 2. The van der Waals surface area contributed by atoms with Crippen molar-refractivity contribution in [2.75, 3.05) is 0 Å². The normalized spacial score (nSPS) is 10.0. The lowest BCUT2D eigenvalue weighted by molar-refractivity contribution is 0.827. The summed E-state index contributed by atoms with van der Waals surface area (Å²) in [6.07, 6.45) is 8.00. The molecule has 25 heavy (non-hydrogen) atoms. The molecule has 3 aromatic rings. The van der Waals surface area contributed by atoms with Gasteiger partial charge in [-0.05, 0) is 32.9 Å². The Kier molecular flexibility index (Phi) is 12.8. The van der Waals surface area contributed by atoms with E-state index in [-0.39, 0.29) is 0 Å². The van der Waals surface area contributed by atoms with Gasteiger partial charge in [-0.25, -0.2) is 0 Å². The van der Waals surface area contributed by atoms with Crippen molar-refractivity contribution in [3.63, 3.8) is 0 Å². The molecule has 0 spiro atoms. The minimum absolute atomic E-state index is 1.02. The maximum Gasteiger partial charge on any atom is 0.0491 e. The van der Waals surface area contributed by atoms with Gasteiger partial charge in [0.15, 0.2) is 0 Å². The third-order valence-electron chi connectivity index (χ3n) is 3.49. The first-order chi connectivity index (χ1) is 12.3. The van der Waals surface area contributed by atoms with Gasteiger partial charge in [0.05, 0.1) is 0 Å². The summed E-state index contributed by atoms with van der Waals surface area (Å²) < 4.78 is 2.37. The quantitative estimate of drug-likeness (QED) is 0.417. The molecular weight excluding hydrogens is 302 g/mol. The minimum Gasteiger partial charge on any atom is -0.341 e. The minimum atomic E-state index is 1.02. The molecular formula is C24H35N. The molecule has 1 heteroatoms. The van der Waals surface area contributed by atoms with E-state index in [0.29, 0.717) is 0 Å². The molecule has 0 bridgehead atoms. The SMILES string of the molecule is C/C=C\C=C/C.CC.CC.CCn1c2ccccc2c2ccccc21. The summed E-state index contributed by atoms with van der Waals surface area (Å²) in [5.41, 5.74) is 2.67. The average Bonchev–Trinajstić information content (AvgIpc) is 3.04. The van der Waals surface area contributed by atoms with Gasteiger partial charge in [-0.3, -0.25) is 0 Å². The van der Waals surface area contributed by atoms with E-state index in [1.807, 2.05) is 65.8 Å². The highest BCUT2D eigenvalue weighted by atomic mass is 15.0. The Morgan fingerprint density at radius 3 is 1.36 bits per heavy atom. The molecule has 3 rings (SSSR count). The van der Waals surface area contributed by atoms with Crippen LogP contribution in [0.4, 0.5) is 0 Å². The van der Waals surface area contributed by atoms with Crippen LogP contribution in [-0.2, 0) is 6.54 Å². The number of hydrogen-bond acceptors (Lipinski definition) is 0. The van der Waals surface area contributed by atoms with Gasteiger partial charge in [0.1, 0.15) is 0 Å². The van der Waals surface area contributed by atoms with E-state index < -0.39 is 0 Å². The molecule has 0 radical (unpaired) electrons. The third kappa shape index (κ3) is 6.26. The predicted molar refractivity (Wildman–Crippen MR) is 117 cm³/mol. The van der Waals surface area contributed by atoms with Gasteiger partial charge in [-0.1, -0.05) is 88.4 Å². The second kappa shape index (κ2) is 14.1. The molecule has 0 saturated heterocycles. The molecule has 0 aliphatic heterocycles. The number of hydrogen-bond donors (Lipinski definition) is 0. The Balaban J connectivity index is 0.000000492. The molecule has 0 atom stereocenters. The molecule has 2 aromatic carbocycles. The molecule has 136 valence electrons. The zero-order chi connectivity index (χ0) is 19.1. The maximum atomic E-state index is 2.37. The first-order valence-electron chi connectivity index (χ1n) is 9.53. The highest BCUT2D eigenvalue weighted by molar-refractivity contribution is 6.07. The lowest BCUT2D eigenvalue weighted by Crippen LogP contribution is -1.91. The van der Waals surface area contributed by atoms with Crippen molar-refractivity contribution in [2.45, 2.75) is 55.0 Å². The van der Waals surface area contributed by atoms with Crippen LogP contribution in [-0.4, -0.2) is 4.57 Å². The van der Waals surface area contributed by atoms with Gasteiger partial charge < -0.3 is 4.57 Å². The molecule has 0 saturated carbocycles. The van der Waals surface area contributed by atoms with Crippen LogP contribution in [0.3, 0.4) is 0 Å². The van der Waals surface area contributed by atoms with E-state index in [0.717, 1.165) is 6.54 Å². The van der Waals surface area contributed by atoms with Crippen molar-refractivity contribution in [3.05, 3.63) is 72.8 Å². The molecule has 0 aliphatic rings. The van der Waals surface area contributed by atoms with Crippen LogP contribution >= 0.6 is 0 Å². The average molecular weight is 338 g/mol. The zero-order valence-corrected chi connectivity index (χ0v) is 17.1.